The molecule has 6 amide bonds. The topological polar surface area (TPSA) is 181 Å². The highest BCUT2D eigenvalue weighted by Gasteiger charge is 2.46. The van der Waals surface area contributed by atoms with E-state index in [1.807, 2.05) is 0 Å². The summed E-state index contributed by atoms with van der Waals surface area (Å²) in [4.78, 5) is 78.4. The lowest BCUT2D eigenvalue weighted by Gasteiger charge is -2.39. The Morgan fingerprint density at radius 1 is 0.542 bits per heavy atom. The van der Waals surface area contributed by atoms with Crippen LogP contribution >= 0.6 is 0 Å². The molecule has 1 fully saturated rings. The summed E-state index contributed by atoms with van der Waals surface area (Å²) in [5.41, 5.74) is 4.48. The lowest BCUT2D eigenvalue weighted by atomic mass is 10.0. The first kappa shape index (κ1) is 32.9. The van der Waals surface area contributed by atoms with Gasteiger partial charge in [-0.3, -0.25) is 0 Å². The maximum absolute atomic E-state index is 13.6. The van der Waals surface area contributed by atoms with E-state index < -0.39 is 24.2 Å². The summed E-state index contributed by atoms with van der Waals surface area (Å²) in [6.45, 7) is 9.95. The Hall–Kier alpha value is -6.44. The average molecular weight is 651 g/mol. The first-order valence-corrected chi connectivity index (χ1v) is 14.5. The van der Waals surface area contributed by atoms with Crippen LogP contribution in [0, 0.1) is 51.4 Å². The molecule has 0 atom stereocenters. The molecular formula is C34H30N6O8. The molecular weight excluding hydrogens is 620 g/mol. The molecule has 0 aromatic heterocycles. The molecule has 0 radical (unpaired) electrons. The molecule has 48 heavy (non-hydrogen) atoms. The van der Waals surface area contributed by atoms with Crippen LogP contribution in [0.4, 0.5) is 64.7 Å². The molecule has 0 unspecified atom stereocenters. The predicted octanol–water partition coefficient (Wildman–Crippen LogP) is 9.53. The minimum atomic E-state index is -1.33. The first-order valence-electron chi connectivity index (χ1n) is 14.5. The second-order valence-electron chi connectivity index (χ2n) is 11.5. The van der Waals surface area contributed by atoms with Gasteiger partial charge in [-0.2, -0.15) is 0 Å². The van der Waals surface area contributed by atoms with Crippen molar-refractivity contribution in [3.8, 4) is 0 Å². The van der Waals surface area contributed by atoms with Crippen molar-refractivity contribution in [1.82, 2.24) is 0 Å². The fourth-order valence-electron chi connectivity index (χ4n) is 6.03. The maximum atomic E-state index is 13.6. The third kappa shape index (κ3) is 5.48. The second-order valence-corrected chi connectivity index (χ2v) is 11.5. The number of amides is 6. The quantitative estimate of drug-likeness (QED) is 0.177. The molecule has 4 aromatic rings. The van der Waals surface area contributed by atoms with Gasteiger partial charge in [0.2, 0.25) is 0 Å². The van der Waals surface area contributed by atoms with Crippen LogP contribution in [-0.2, 0) is 0 Å². The van der Waals surface area contributed by atoms with Crippen LogP contribution in [0.2, 0.25) is 0 Å². The third-order valence-electron chi connectivity index (χ3n) is 8.14. The molecule has 1 heterocycles. The van der Waals surface area contributed by atoms with Gasteiger partial charge >= 0.3 is 24.2 Å². The predicted molar refractivity (Wildman–Crippen MR) is 181 cm³/mol. The summed E-state index contributed by atoms with van der Waals surface area (Å²) in [7, 11) is 0. The van der Waals surface area contributed by atoms with Gasteiger partial charge < -0.3 is 10.2 Å². The van der Waals surface area contributed by atoms with E-state index in [-0.39, 0.29) is 34.1 Å². The zero-order chi connectivity index (χ0) is 35.2. The van der Waals surface area contributed by atoms with Crippen molar-refractivity contribution < 1.29 is 29.4 Å². The fraction of sp³-hybridized carbons (Fsp3) is 0.176. The van der Waals surface area contributed by atoms with Crippen LogP contribution in [-0.4, -0.2) is 34.5 Å². The second kappa shape index (κ2) is 12.4. The molecule has 0 bridgehead atoms. The van der Waals surface area contributed by atoms with Gasteiger partial charge in [-0.05, 0) is 134 Å². The lowest BCUT2D eigenvalue weighted by Crippen LogP contribution is -2.65. The van der Waals surface area contributed by atoms with Crippen molar-refractivity contribution in [2.24, 2.45) is 10.4 Å². The van der Waals surface area contributed by atoms with E-state index in [0.717, 1.165) is 19.6 Å². The van der Waals surface area contributed by atoms with Gasteiger partial charge in [-0.15, -0.1) is 9.81 Å². The van der Waals surface area contributed by atoms with E-state index >= 15 is 0 Å². The Balaban J connectivity index is 1.52. The van der Waals surface area contributed by atoms with Crippen LogP contribution in [0.25, 0.3) is 0 Å². The molecule has 4 aromatic carbocycles. The molecule has 5 rings (SSSR count). The molecule has 1 aliphatic heterocycles. The minimum Gasteiger partial charge on any atom is -0.464 e. The summed E-state index contributed by atoms with van der Waals surface area (Å²) in [5, 5.41) is 26.4. The van der Waals surface area contributed by atoms with E-state index in [0.29, 0.717) is 44.8 Å². The number of benzene rings is 4. The standard InChI is InChI=1S/C34H30N6O8/c1-17-7-9-25(15-27(17)39(33(43)44)29-19(3)11-23(35-47)12-20(29)4)37-31(41)38(32(37)42)26-10-8-18(2)28(16-26)40(34(45)46)30-21(5)13-24(36-48)14-22(30)6/h7-16H,1-6H3,(H,43,44)(H,45,46). The van der Waals surface area contributed by atoms with Crippen molar-refractivity contribution in [1.29, 1.82) is 0 Å². The Bertz CT molecular complexity index is 1870. The smallest absolute Gasteiger partial charge is 0.416 e. The van der Waals surface area contributed by atoms with Crippen molar-refractivity contribution in [3.63, 3.8) is 0 Å². The minimum absolute atomic E-state index is 0.115. The number of hydrogen-bond donors (Lipinski definition) is 2. The molecule has 0 spiro atoms. The summed E-state index contributed by atoms with van der Waals surface area (Å²) in [5.74, 6) is 0. The number of rotatable bonds is 8. The average Bonchev–Trinajstić information content (AvgIpc) is 3.02. The molecule has 1 aliphatic rings. The van der Waals surface area contributed by atoms with Crippen LogP contribution in [0.1, 0.15) is 33.4 Å². The highest BCUT2D eigenvalue weighted by Crippen LogP contribution is 2.42. The van der Waals surface area contributed by atoms with E-state index in [9.17, 15) is 39.2 Å². The van der Waals surface area contributed by atoms with Gasteiger partial charge in [0, 0.05) is 0 Å². The van der Waals surface area contributed by atoms with Crippen molar-refractivity contribution in [3.05, 3.63) is 104 Å². The van der Waals surface area contributed by atoms with E-state index in [2.05, 4.69) is 10.4 Å². The number of nitrogens with zero attached hydrogens (tertiary/aromatic N) is 6. The zero-order valence-electron chi connectivity index (χ0n) is 26.8. The van der Waals surface area contributed by atoms with E-state index in [1.54, 1.807) is 53.7 Å². The highest BCUT2D eigenvalue weighted by atomic mass is 16.4. The van der Waals surface area contributed by atoms with Gasteiger partial charge in [-0.25, -0.2) is 38.8 Å². The van der Waals surface area contributed by atoms with E-state index in [1.165, 1.54) is 48.5 Å². The third-order valence-corrected chi connectivity index (χ3v) is 8.14. The Kier molecular flexibility index (Phi) is 8.51. The Morgan fingerprint density at radius 3 is 1.12 bits per heavy atom. The number of urea groups is 2. The number of carbonyl (C=O) groups excluding carboxylic acids is 2. The first-order chi connectivity index (χ1) is 22.7. The van der Waals surface area contributed by atoms with Crippen LogP contribution in [0.5, 0.6) is 0 Å². The molecule has 1 saturated heterocycles. The van der Waals surface area contributed by atoms with Crippen LogP contribution in [0.15, 0.2) is 71.0 Å². The largest absolute Gasteiger partial charge is 0.464 e. The van der Waals surface area contributed by atoms with E-state index in [4.69, 9.17) is 0 Å². The highest BCUT2D eigenvalue weighted by molar-refractivity contribution is 6.41. The van der Waals surface area contributed by atoms with Gasteiger partial charge in [0.05, 0.1) is 34.1 Å². The summed E-state index contributed by atoms with van der Waals surface area (Å²) >= 11 is 0. The summed E-state index contributed by atoms with van der Waals surface area (Å²) in [6.07, 6.45) is -2.65. The number of carboxylic acid groups (broad SMARTS) is 2. The van der Waals surface area contributed by atoms with Gasteiger partial charge in [0.15, 0.2) is 0 Å². The van der Waals surface area contributed by atoms with Crippen molar-refractivity contribution >= 4 is 69.7 Å². The van der Waals surface area contributed by atoms with Crippen LogP contribution in [0.3, 0.4) is 0 Å². The monoisotopic (exact) mass is 650 g/mol. The normalized spacial score (nSPS) is 12.5. The summed E-state index contributed by atoms with van der Waals surface area (Å²) < 4.78 is 0. The Morgan fingerprint density at radius 2 is 0.854 bits per heavy atom. The summed E-state index contributed by atoms with van der Waals surface area (Å²) in [6, 6.07) is 13.4. The number of carbonyl (C=O) groups is 4. The van der Waals surface area contributed by atoms with Crippen molar-refractivity contribution in [2.75, 3.05) is 19.6 Å². The number of nitroso groups, excluding NO2 is 2. The van der Waals surface area contributed by atoms with Gasteiger partial charge in [0.25, 0.3) is 0 Å². The maximum Gasteiger partial charge on any atom is 0.416 e. The molecule has 0 saturated carbocycles. The molecule has 14 heteroatoms. The van der Waals surface area contributed by atoms with Gasteiger partial charge in [0.1, 0.15) is 11.4 Å². The number of anilines is 6. The molecule has 0 aliphatic carbocycles. The van der Waals surface area contributed by atoms with Crippen molar-refractivity contribution in [2.45, 2.75) is 41.5 Å². The number of aryl methyl sites for hydroxylation is 6. The number of hydrogen-bond acceptors (Lipinski definition) is 8. The fourth-order valence-corrected chi connectivity index (χ4v) is 6.03. The van der Waals surface area contributed by atoms with Gasteiger partial charge in [-0.1, -0.05) is 12.1 Å². The SMILES string of the molecule is Cc1ccc(N2C(=O)N(c3ccc(C)c(N(C(=O)O)c4c(C)cc(N=O)cc4C)c3)C2=O)cc1N(C(=O)O)c1c(C)cc(N=O)cc1C. The zero-order valence-corrected chi connectivity index (χ0v) is 26.8. The lowest BCUT2D eigenvalue weighted by molar-refractivity contribution is 0.203. The van der Waals surface area contributed by atoms with Crippen LogP contribution < -0.4 is 19.6 Å². The Labute approximate surface area is 274 Å². The molecule has 244 valence electrons. The molecule has 14 nitrogen and oxygen atoms in total. The number of imide groups is 2. The molecule has 2 N–H and O–H groups in total.